The van der Waals surface area contributed by atoms with E-state index in [0.29, 0.717) is 18.2 Å². The Morgan fingerprint density at radius 2 is 2.24 bits per heavy atom. The molecule has 3 heterocycles. The fraction of sp³-hybridized carbons (Fsp3) is 0.500. The number of aryl methyl sites for hydroxylation is 2. The third-order valence-electron chi connectivity index (χ3n) is 4.00. The van der Waals surface area contributed by atoms with Gasteiger partial charge in [-0.25, -0.2) is 0 Å². The predicted molar refractivity (Wildman–Crippen MR) is 79.0 cm³/mol. The van der Waals surface area contributed by atoms with Gasteiger partial charge >= 0.3 is 0 Å². The first-order valence-electron chi connectivity index (χ1n) is 7.11. The smallest absolute Gasteiger partial charge is 0.269 e. The molecule has 21 heavy (non-hydrogen) atoms. The Morgan fingerprint density at radius 1 is 1.48 bits per heavy atom. The van der Waals surface area contributed by atoms with Crippen molar-refractivity contribution < 1.29 is 4.79 Å². The summed E-state index contributed by atoms with van der Waals surface area (Å²) in [6, 6.07) is 1.78. The largest absolute Gasteiger partial charge is 0.350 e. The van der Waals surface area contributed by atoms with Crippen LogP contribution in [0.3, 0.4) is 0 Å². The van der Waals surface area contributed by atoms with Gasteiger partial charge in [-0.1, -0.05) is 0 Å². The molecule has 0 aromatic carbocycles. The first kappa shape index (κ1) is 13.8. The Bertz CT molecular complexity index is 667. The van der Waals surface area contributed by atoms with Crippen molar-refractivity contribution in [2.75, 3.05) is 19.6 Å². The fourth-order valence-corrected chi connectivity index (χ4v) is 2.54. The van der Waals surface area contributed by atoms with Crippen molar-refractivity contribution in [2.24, 2.45) is 13.0 Å². The minimum absolute atomic E-state index is 0.111. The van der Waals surface area contributed by atoms with Crippen molar-refractivity contribution in [3.05, 3.63) is 23.1 Å². The summed E-state index contributed by atoms with van der Waals surface area (Å²) < 4.78 is 1.82. The van der Waals surface area contributed by atoms with Gasteiger partial charge in [0.1, 0.15) is 5.69 Å². The normalized spacial score (nSPS) is 15.0. The zero-order valence-corrected chi connectivity index (χ0v) is 12.5. The molecule has 1 fully saturated rings. The molecule has 0 aliphatic carbocycles. The van der Waals surface area contributed by atoms with E-state index in [9.17, 15) is 4.79 Å². The number of H-pyrrole nitrogens is 1. The number of hydrogen-bond donors (Lipinski definition) is 3. The predicted octanol–water partition coefficient (Wildman–Crippen LogP) is 0.376. The Hall–Kier alpha value is -2.15. The standard InChI is InChI=1S/C14H20N6O/c1-8-13(9(2)20(3)19-8)11-4-12(18-17-11)14(21)16-7-10-5-15-6-10/h4,10,15H,5-7H2,1-3H3,(H,16,21)(H,17,18). The summed E-state index contributed by atoms with van der Waals surface area (Å²) in [6.45, 7) is 6.59. The van der Waals surface area contributed by atoms with Gasteiger partial charge in [0.15, 0.2) is 0 Å². The molecule has 1 saturated heterocycles. The van der Waals surface area contributed by atoms with E-state index in [0.717, 1.165) is 35.7 Å². The number of carbonyl (C=O) groups excluding carboxylic acids is 1. The molecule has 0 saturated carbocycles. The van der Waals surface area contributed by atoms with Crippen LogP contribution in [0.4, 0.5) is 0 Å². The molecule has 0 atom stereocenters. The molecule has 2 aromatic rings. The molecule has 1 aliphatic rings. The monoisotopic (exact) mass is 288 g/mol. The van der Waals surface area contributed by atoms with Crippen LogP contribution in [0.15, 0.2) is 6.07 Å². The van der Waals surface area contributed by atoms with Crippen LogP contribution in [-0.2, 0) is 7.05 Å². The Balaban J connectivity index is 1.74. The lowest BCUT2D eigenvalue weighted by Gasteiger charge is -2.26. The number of aromatic amines is 1. The highest BCUT2D eigenvalue weighted by Gasteiger charge is 2.20. The van der Waals surface area contributed by atoms with Gasteiger partial charge < -0.3 is 10.6 Å². The summed E-state index contributed by atoms with van der Waals surface area (Å²) in [4.78, 5) is 12.1. The van der Waals surface area contributed by atoms with Crippen LogP contribution in [-0.4, -0.2) is 45.5 Å². The molecule has 1 aliphatic heterocycles. The number of nitrogens with zero attached hydrogens (tertiary/aromatic N) is 3. The lowest BCUT2D eigenvalue weighted by Crippen LogP contribution is -2.48. The first-order valence-corrected chi connectivity index (χ1v) is 7.11. The molecule has 0 spiro atoms. The minimum Gasteiger partial charge on any atom is -0.350 e. The second-order valence-corrected chi connectivity index (χ2v) is 5.57. The van der Waals surface area contributed by atoms with E-state index in [1.807, 2.05) is 25.6 Å². The van der Waals surface area contributed by atoms with Crippen LogP contribution in [0, 0.1) is 19.8 Å². The van der Waals surface area contributed by atoms with Crippen LogP contribution in [0.25, 0.3) is 11.3 Å². The SMILES string of the molecule is Cc1nn(C)c(C)c1-c1cc(C(=O)NCC2CNC2)[nH]n1. The highest BCUT2D eigenvalue weighted by Crippen LogP contribution is 2.25. The van der Waals surface area contributed by atoms with Gasteiger partial charge in [0.05, 0.1) is 11.4 Å². The maximum atomic E-state index is 12.1. The average molecular weight is 288 g/mol. The lowest BCUT2D eigenvalue weighted by atomic mass is 10.0. The molecule has 7 nitrogen and oxygen atoms in total. The van der Waals surface area contributed by atoms with E-state index < -0.39 is 0 Å². The second kappa shape index (κ2) is 5.33. The van der Waals surface area contributed by atoms with E-state index in [2.05, 4.69) is 25.9 Å². The first-order chi connectivity index (χ1) is 10.1. The van der Waals surface area contributed by atoms with E-state index in [1.54, 1.807) is 6.07 Å². The molecule has 2 aromatic heterocycles. The molecule has 1 amide bonds. The van der Waals surface area contributed by atoms with Gasteiger partial charge in [0.25, 0.3) is 5.91 Å². The van der Waals surface area contributed by atoms with Crippen molar-refractivity contribution in [1.82, 2.24) is 30.6 Å². The Kier molecular flexibility index (Phi) is 3.50. The molecule has 7 heteroatoms. The van der Waals surface area contributed by atoms with Crippen molar-refractivity contribution in [2.45, 2.75) is 13.8 Å². The molecular formula is C14H20N6O. The lowest BCUT2D eigenvalue weighted by molar-refractivity contribution is 0.0937. The number of carbonyl (C=O) groups is 1. The van der Waals surface area contributed by atoms with Crippen molar-refractivity contribution in [3.63, 3.8) is 0 Å². The molecule has 3 rings (SSSR count). The summed E-state index contributed by atoms with van der Waals surface area (Å²) in [5.41, 5.74) is 4.17. The van der Waals surface area contributed by atoms with Gasteiger partial charge in [0, 0.05) is 43.9 Å². The highest BCUT2D eigenvalue weighted by molar-refractivity contribution is 5.93. The average Bonchev–Trinajstić information content (AvgIpc) is 2.94. The molecule has 0 unspecified atom stereocenters. The summed E-state index contributed by atoms with van der Waals surface area (Å²) in [5.74, 6) is 0.430. The van der Waals surface area contributed by atoms with Gasteiger partial charge in [-0.3, -0.25) is 14.6 Å². The van der Waals surface area contributed by atoms with E-state index in [1.165, 1.54) is 0 Å². The van der Waals surface area contributed by atoms with Gasteiger partial charge in [-0.15, -0.1) is 0 Å². The fourth-order valence-electron chi connectivity index (χ4n) is 2.54. The zero-order valence-electron chi connectivity index (χ0n) is 12.5. The van der Waals surface area contributed by atoms with Gasteiger partial charge in [-0.05, 0) is 19.9 Å². The van der Waals surface area contributed by atoms with E-state index in [-0.39, 0.29) is 5.91 Å². The molecule has 0 radical (unpaired) electrons. The van der Waals surface area contributed by atoms with Gasteiger partial charge in [-0.2, -0.15) is 10.2 Å². The number of nitrogens with one attached hydrogen (secondary N) is 3. The number of aromatic nitrogens is 4. The maximum Gasteiger partial charge on any atom is 0.269 e. The van der Waals surface area contributed by atoms with E-state index >= 15 is 0 Å². The summed E-state index contributed by atoms with van der Waals surface area (Å²) in [6.07, 6.45) is 0. The van der Waals surface area contributed by atoms with Crippen molar-refractivity contribution in [1.29, 1.82) is 0 Å². The van der Waals surface area contributed by atoms with Crippen LogP contribution >= 0.6 is 0 Å². The summed E-state index contributed by atoms with van der Waals surface area (Å²) in [7, 11) is 1.90. The Morgan fingerprint density at radius 3 is 2.81 bits per heavy atom. The number of rotatable bonds is 4. The molecular weight excluding hydrogens is 268 g/mol. The minimum atomic E-state index is -0.111. The maximum absolute atomic E-state index is 12.1. The third-order valence-corrected chi connectivity index (χ3v) is 4.00. The van der Waals surface area contributed by atoms with E-state index in [4.69, 9.17) is 0 Å². The van der Waals surface area contributed by atoms with Crippen molar-refractivity contribution >= 4 is 5.91 Å². The topological polar surface area (TPSA) is 87.6 Å². The quantitative estimate of drug-likeness (QED) is 0.759. The van der Waals surface area contributed by atoms with Crippen molar-refractivity contribution in [3.8, 4) is 11.3 Å². The Labute approximate surface area is 123 Å². The molecule has 3 N–H and O–H groups in total. The second-order valence-electron chi connectivity index (χ2n) is 5.57. The van der Waals surface area contributed by atoms with Crippen LogP contribution < -0.4 is 10.6 Å². The van der Waals surface area contributed by atoms with Crippen LogP contribution in [0.2, 0.25) is 0 Å². The number of hydrogen-bond acceptors (Lipinski definition) is 4. The van der Waals surface area contributed by atoms with Crippen LogP contribution in [0.1, 0.15) is 21.9 Å². The van der Waals surface area contributed by atoms with Gasteiger partial charge in [0.2, 0.25) is 0 Å². The molecule has 112 valence electrons. The summed E-state index contributed by atoms with van der Waals surface area (Å²) >= 11 is 0. The number of amides is 1. The molecule has 0 bridgehead atoms. The highest BCUT2D eigenvalue weighted by atomic mass is 16.1. The summed E-state index contributed by atoms with van der Waals surface area (Å²) in [5, 5.41) is 17.6. The third kappa shape index (κ3) is 2.56. The zero-order chi connectivity index (χ0) is 15.0. The van der Waals surface area contributed by atoms with Crippen LogP contribution in [0.5, 0.6) is 0 Å².